The van der Waals surface area contributed by atoms with Gasteiger partial charge in [0.05, 0.1) is 11.1 Å². The minimum atomic E-state index is -0.530. The van der Waals surface area contributed by atoms with E-state index in [0.29, 0.717) is 0 Å². The van der Waals surface area contributed by atoms with Crippen LogP contribution in [0.15, 0.2) is 212 Å². The summed E-state index contributed by atoms with van der Waals surface area (Å²) in [5.74, 6) is 0. The van der Waals surface area contributed by atoms with Gasteiger partial charge in [0, 0.05) is 16.9 Å². The number of nitrogens with zero attached hydrogens (tertiary/aromatic N) is 1. The number of aryl methyl sites for hydroxylation is 1. The maximum Gasteiger partial charge on any atom is 0.0714 e. The average Bonchev–Trinajstić information content (AvgIpc) is 3.58. The maximum absolute atomic E-state index is 2.52. The molecule has 0 saturated carbocycles. The van der Waals surface area contributed by atoms with Crippen molar-refractivity contribution in [1.29, 1.82) is 0 Å². The Morgan fingerprint density at radius 3 is 1.68 bits per heavy atom. The Balaban J connectivity index is 1.32. The topological polar surface area (TPSA) is 3.24 Å². The Morgan fingerprint density at radius 1 is 0.407 bits per heavy atom. The molecule has 9 aromatic rings. The highest BCUT2D eigenvalue weighted by Crippen LogP contribution is 2.58. The fraction of sp³-hybridized carbons (Fsp3) is 0.103. The first-order chi connectivity index (χ1) is 28.8. The Bertz CT molecular complexity index is 2930. The lowest BCUT2D eigenvalue weighted by molar-refractivity contribution is 0.592. The van der Waals surface area contributed by atoms with Crippen LogP contribution in [0.25, 0.3) is 44.2 Å². The van der Waals surface area contributed by atoms with Crippen molar-refractivity contribution in [2.45, 2.75) is 38.5 Å². The van der Waals surface area contributed by atoms with E-state index in [-0.39, 0.29) is 5.41 Å². The van der Waals surface area contributed by atoms with E-state index in [1.54, 1.807) is 0 Å². The van der Waals surface area contributed by atoms with E-state index < -0.39 is 5.41 Å². The molecule has 9 aromatic carbocycles. The van der Waals surface area contributed by atoms with E-state index in [1.165, 1.54) is 77.5 Å². The van der Waals surface area contributed by atoms with Crippen LogP contribution in [0.5, 0.6) is 0 Å². The van der Waals surface area contributed by atoms with Crippen LogP contribution in [0, 0.1) is 6.92 Å². The number of benzene rings is 9. The smallest absolute Gasteiger partial charge is 0.0714 e. The Labute approximate surface area is 348 Å². The quantitative estimate of drug-likeness (QED) is 0.156. The van der Waals surface area contributed by atoms with Gasteiger partial charge < -0.3 is 4.90 Å². The molecule has 1 heteroatoms. The van der Waals surface area contributed by atoms with E-state index in [1.807, 2.05) is 0 Å². The van der Waals surface area contributed by atoms with Gasteiger partial charge in [-0.1, -0.05) is 197 Å². The monoisotopic (exact) mass is 757 g/mol. The molecule has 0 N–H and O–H groups in total. The lowest BCUT2D eigenvalue weighted by atomic mass is 9.67. The summed E-state index contributed by atoms with van der Waals surface area (Å²) in [5, 5.41) is 2.43. The van der Waals surface area contributed by atoms with Gasteiger partial charge in [0.25, 0.3) is 0 Å². The largest absolute Gasteiger partial charge is 0.310 e. The van der Waals surface area contributed by atoms with Crippen molar-refractivity contribution in [1.82, 2.24) is 0 Å². The first-order valence-corrected chi connectivity index (χ1v) is 20.8. The zero-order valence-corrected chi connectivity index (χ0v) is 34.2. The van der Waals surface area contributed by atoms with Gasteiger partial charge in [-0.25, -0.2) is 0 Å². The normalized spacial score (nSPS) is 12.9. The van der Waals surface area contributed by atoms with Gasteiger partial charge in [0.2, 0.25) is 0 Å². The molecule has 1 aliphatic carbocycles. The second kappa shape index (κ2) is 14.5. The van der Waals surface area contributed by atoms with Gasteiger partial charge in [-0.2, -0.15) is 0 Å². The van der Waals surface area contributed by atoms with Crippen molar-refractivity contribution in [3.8, 4) is 33.4 Å². The van der Waals surface area contributed by atoms with Gasteiger partial charge in [0.15, 0.2) is 0 Å². The summed E-state index contributed by atoms with van der Waals surface area (Å²) in [6.07, 6.45) is 0. The van der Waals surface area contributed by atoms with E-state index in [0.717, 1.165) is 17.1 Å². The number of anilines is 3. The van der Waals surface area contributed by atoms with Crippen molar-refractivity contribution in [3.05, 3.63) is 246 Å². The zero-order chi connectivity index (χ0) is 40.1. The molecule has 0 aromatic heterocycles. The van der Waals surface area contributed by atoms with Crippen molar-refractivity contribution in [2.75, 3.05) is 4.90 Å². The molecule has 59 heavy (non-hydrogen) atoms. The predicted octanol–water partition coefficient (Wildman–Crippen LogP) is 15.6. The fourth-order valence-corrected chi connectivity index (χ4v) is 9.73. The van der Waals surface area contributed by atoms with Crippen LogP contribution in [0.3, 0.4) is 0 Å². The van der Waals surface area contributed by atoms with Crippen LogP contribution in [0.4, 0.5) is 17.1 Å². The highest BCUT2D eigenvalue weighted by Gasteiger charge is 2.47. The number of rotatable bonds is 7. The lowest BCUT2D eigenvalue weighted by Gasteiger charge is -2.35. The number of hydrogen-bond acceptors (Lipinski definition) is 1. The predicted molar refractivity (Wildman–Crippen MR) is 250 cm³/mol. The van der Waals surface area contributed by atoms with Gasteiger partial charge >= 0.3 is 0 Å². The molecule has 1 nitrogen and oxygen atoms in total. The van der Waals surface area contributed by atoms with E-state index >= 15 is 0 Å². The first kappa shape index (κ1) is 36.4. The van der Waals surface area contributed by atoms with E-state index in [9.17, 15) is 0 Å². The van der Waals surface area contributed by atoms with Gasteiger partial charge in [-0.15, -0.1) is 0 Å². The van der Waals surface area contributed by atoms with Crippen molar-refractivity contribution >= 4 is 27.8 Å². The second-order valence-corrected chi connectivity index (χ2v) is 17.0. The average molecular weight is 758 g/mol. The third kappa shape index (κ3) is 6.08. The Kier molecular flexibility index (Phi) is 8.91. The molecule has 0 amide bonds. The molecule has 0 fully saturated rings. The van der Waals surface area contributed by atoms with Crippen LogP contribution < -0.4 is 4.90 Å². The summed E-state index contributed by atoms with van der Waals surface area (Å²) in [6.45, 7) is 9.22. The van der Waals surface area contributed by atoms with Crippen molar-refractivity contribution in [3.63, 3.8) is 0 Å². The molecule has 0 bridgehead atoms. The summed E-state index contributed by atoms with van der Waals surface area (Å²) in [4.78, 5) is 2.52. The Hall–Kier alpha value is -6.96. The summed E-state index contributed by atoms with van der Waals surface area (Å²) < 4.78 is 0. The van der Waals surface area contributed by atoms with Gasteiger partial charge in [0.1, 0.15) is 0 Å². The van der Waals surface area contributed by atoms with Crippen LogP contribution in [-0.4, -0.2) is 0 Å². The van der Waals surface area contributed by atoms with Gasteiger partial charge in [-0.3, -0.25) is 0 Å². The van der Waals surface area contributed by atoms with Crippen molar-refractivity contribution in [2.24, 2.45) is 0 Å². The molecule has 0 aliphatic heterocycles. The zero-order valence-electron chi connectivity index (χ0n) is 34.2. The van der Waals surface area contributed by atoms with Crippen LogP contribution in [0.1, 0.15) is 54.2 Å². The van der Waals surface area contributed by atoms with Crippen LogP contribution >= 0.6 is 0 Å². The third-order valence-corrected chi connectivity index (χ3v) is 12.4. The molecule has 0 heterocycles. The van der Waals surface area contributed by atoms with E-state index in [2.05, 4.69) is 245 Å². The molecule has 0 radical (unpaired) electrons. The standard InChI is InChI=1S/C58H47N/c1-40-20-18-33-53-56(40)50-35-34-48(39-54(50)58(53,45-26-10-6-11-27-45)46-28-12-7-13-29-46)59(47-30-19-25-42(36-47)41-21-8-5-9-22-41)55-38-44-24-15-14-23-43(44)37-51(55)49-31-16-17-32-52(49)57(2,3)4/h5-39H,1-4H3. The summed E-state index contributed by atoms with van der Waals surface area (Å²) in [5.41, 5.74) is 17.9. The van der Waals surface area contributed by atoms with E-state index in [4.69, 9.17) is 0 Å². The highest BCUT2D eigenvalue weighted by molar-refractivity contribution is 6.00. The molecular weight excluding hydrogens is 711 g/mol. The summed E-state index contributed by atoms with van der Waals surface area (Å²) >= 11 is 0. The molecule has 284 valence electrons. The van der Waals surface area contributed by atoms with Crippen LogP contribution in [0.2, 0.25) is 0 Å². The number of fused-ring (bicyclic) bond motifs is 4. The molecule has 10 rings (SSSR count). The van der Waals surface area contributed by atoms with Crippen molar-refractivity contribution < 1.29 is 0 Å². The molecule has 0 spiro atoms. The second-order valence-electron chi connectivity index (χ2n) is 17.0. The molecule has 0 atom stereocenters. The fourth-order valence-electron chi connectivity index (χ4n) is 9.73. The minimum Gasteiger partial charge on any atom is -0.310 e. The van der Waals surface area contributed by atoms with Crippen LogP contribution in [-0.2, 0) is 10.8 Å². The number of hydrogen-bond donors (Lipinski definition) is 0. The molecule has 0 saturated heterocycles. The first-order valence-electron chi connectivity index (χ1n) is 20.8. The highest BCUT2D eigenvalue weighted by atomic mass is 15.1. The Morgan fingerprint density at radius 2 is 0.983 bits per heavy atom. The minimum absolute atomic E-state index is 0.0697. The maximum atomic E-state index is 2.52. The summed E-state index contributed by atoms with van der Waals surface area (Å²) in [6, 6.07) is 78.7. The summed E-state index contributed by atoms with van der Waals surface area (Å²) in [7, 11) is 0. The molecule has 0 unspecified atom stereocenters. The van der Waals surface area contributed by atoms with Gasteiger partial charge in [-0.05, 0) is 121 Å². The molecule has 1 aliphatic rings. The SMILES string of the molecule is Cc1cccc2c1-c1ccc(N(c3cccc(-c4ccccc4)c3)c3cc4ccccc4cc3-c3ccccc3C(C)(C)C)cc1C2(c1ccccc1)c1ccccc1. The third-order valence-electron chi connectivity index (χ3n) is 12.4. The lowest BCUT2D eigenvalue weighted by Crippen LogP contribution is -2.28. The molecular formula is C58H47N.